The quantitative estimate of drug-likeness (QED) is 0.400. The number of carbonyl (C=O) groups excluding carboxylic acids is 1. The van der Waals surface area contributed by atoms with Crippen molar-refractivity contribution in [1.29, 1.82) is 0 Å². The van der Waals surface area contributed by atoms with Gasteiger partial charge in [-0.25, -0.2) is 13.6 Å². The van der Waals surface area contributed by atoms with Crippen LogP contribution in [0.2, 0.25) is 0 Å². The smallest absolute Gasteiger partial charge is 0.327 e. The van der Waals surface area contributed by atoms with Crippen molar-refractivity contribution in [2.75, 3.05) is 12.0 Å². The lowest BCUT2D eigenvalue weighted by Gasteiger charge is -2.35. The van der Waals surface area contributed by atoms with Crippen LogP contribution in [0.3, 0.4) is 0 Å². The Morgan fingerprint density at radius 1 is 1.03 bits per heavy atom. The highest BCUT2D eigenvalue weighted by Gasteiger charge is 2.36. The minimum absolute atomic E-state index is 0.0980. The third-order valence-corrected chi connectivity index (χ3v) is 5.75. The lowest BCUT2D eigenvalue weighted by atomic mass is 9.94. The Balaban J connectivity index is 1.64. The SMILES string of the molecule is COc1ccc(-c2noc(C3=C(C)N(c4cccc(F)c4)C(=O)NC3c3ccccc3)n2)cc1F. The fraction of sp³-hybridized carbons (Fsp3) is 0.115. The molecule has 176 valence electrons. The van der Waals surface area contributed by atoms with Gasteiger partial charge in [0.1, 0.15) is 5.82 Å². The number of allylic oxidation sites excluding steroid dienone is 1. The highest BCUT2D eigenvalue weighted by atomic mass is 19.1. The summed E-state index contributed by atoms with van der Waals surface area (Å²) in [4.78, 5) is 19.0. The molecule has 1 N–H and O–H groups in total. The van der Waals surface area contributed by atoms with E-state index in [4.69, 9.17) is 9.26 Å². The fourth-order valence-electron chi connectivity index (χ4n) is 4.10. The van der Waals surface area contributed by atoms with Gasteiger partial charge in [-0.05, 0) is 48.9 Å². The molecule has 1 aromatic heterocycles. The number of benzene rings is 3. The molecule has 1 unspecified atom stereocenters. The summed E-state index contributed by atoms with van der Waals surface area (Å²) in [7, 11) is 1.38. The van der Waals surface area contributed by atoms with Crippen LogP contribution in [0.25, 0.3) is 17.0 Å². The van der Waals surface area contributed by atoms with Gasteiger partial charge in [0, 0.05) is 11.3 Å². The maximum absolute atomic E-state index is 14.3. The number of carbonyl (C=O) groups is 1. The van der Waals surface area contributed by atoms with Gasteiger partial charge in [-0.15, -0.1) is 0 Å². The summed E-state index contributed by atoms with van der Waals surface area (Å²) in [5.41, 5.74) is 2.57. The van der Waals surface area contributed by atoms with Crippen molar-refractivity contribution < 1.29 is 22.8 Å². The molecule has 0 bridgehead atoms. The van der Waals surface area contributed by atoms with Crippen LogP contribution in [0.5, 0.6) is 5.75 Å². The third-order valence-electron chi connectivity index (χ3n) is 5.75. The highest BCUT2D eigenvalue weighted by molar-refractivity contribution is 6.01. The first kappa shape index (κ1) is 22.3. The van der Waals surface area contributed by atoms with Crippen molar-refractivity contribution in [3.05, 3.63) is 102 Å². The van der Waals surface area contributed by atoms with Crippen LogP contribution < -0.4 is 15.0 Å². The number of nitrogens with one attached hydrogen (secondary N) is 1. The van der Waals surface area contributed by atoms with E-state index in [9.17, 15) is 13.6 Å². The van der Waals surface area contributed by atoms with Gasteiger partial charge < -0.3 is 14.6 Å². The Morgan fingerprint density at radius 2 is 1.83 bits per heavy atom. The van der Waals surface area contributed by atoms with Gasteiger partial charge in [-0.1, -0.05) is 41.6 Å². The molecule has 0 fully saturated rings. The Bertz CT molecular complexity index is 1440. The summed E-state index contributed by atoms with van der Waals surface area (Å²) in [5, 5.41) is 6.99. The number of hydrogen-bond donors (Lipinski definition) is 1. The largest absolute Gasteiger partial charge is 0.494 e. The van der Waals surface area contributed by atoms with Crippen LogP contribution in [0.15, 0.2) is 83.0 Å². The minimum Gasteiger partial charge on any atom is -0.494 e. The number of anilines is 1. The Morgan fingerprint density at radius 3 is 2.54 bits per heavy atom. The van der Waals surface area contributed by atoms with E-state index in [0.717, 1.165) is 5.56 Å². The molecule has 3 aromatic carbocycles. The molecule has 2 amide bonds. The number of ether oxygens (including phenoxy) is 1. The molecule has 0 spiro atoms. The number of methoxy groups -OCH3 is 1. The molecule has 1 atom stereocenters. The summed E-state index contributed by atoms with van der Waals surface area (Å²) >= 11 is 0. The molecular formula is C26H20F2N4O3. The van der Waals surface area contributed by atoms with E-state index < -0.39 is 23.7 Å². The predicted molar refractivity (Wildman–Crippen MR) is 125 cm³/mol. The summed E-state index contributed by atoms with van der Waals surface area (Å²) in [6.45, 7) is 1.73. The first-order valence-electron chi connectivity index (χ1n) is 10.8. The molecule has 1 aliphatic heterocycles. The lowest BCUT2D eigenvalue weighted by molar-refractivity contribution is 0.244. The van der Waals surface area contributed by atoms with Gasteiger partial charge in [0.05, 0.1) is 24.4 Å². The highest BCUT2D eigenvalue weighted by Crippen LogP contribution is 2.39. The maximum Gasteiger partial charge on any atom is 0.327 e. The summed E-state index contributed by atoms with van der Waals surface area (Å²) in [6.07, 6.45) is 0. The van der Waals surface area contributed by atoms with E-state index in [-0.39, 0.29) is 17.5 Å². The number of amides is 2. The minimum atomic E-state index is -0.602. The van der Waals surface area contributed by atoms with Gasteiger partial charge >= 0.3 is 6.03 Å². The number of halogens is 2. The van der Waals surface area contributed by atoms with Crippen molar-refractivity contribution in [1.82, 2.24) is 15.5 Å². The topological polar surface area (TPSA) is 80.5 Å². The molecule has 4 aromatic rings. The normalized spacial score (nSPS) is 15.8. The zero-order chi connectivity index (χ0) is 24.5. The van der Waals surface area contributed by atoms with Crippen LogP contribution in [0.1, 0.15) is 24.4 Å². The van der Waals surface area contributed by atoms with E-state index in [1.54, 1.807) is 19.1 Å². The number of urea groups is 1. The van der Waals surface area contributed by atoms with Crippen LogP contribution in [-0.4, -0.2) is 23.3 Å². The molecule has 5 rings (SSSR count). The van der Waals surface area contributed by atoms with E-state index in [1.165, 1.54) is 42.3 Å². The van der Waals surface area contributed by atoms with Gasteiger partial charge in [-0.2, -0.15) is 4.98 Å². The zero-order valence-electron chi connectivity index (χ0n) is 18.8. The number of rotatable bonds is 5. The third kappa shape index (κ3) is 4.12. The lowest BCUT2D eigenvalue weighted by Crippen LogP contribution is -2.46. The van der Waals surface area contributed by atoms with Crippen molar-refractivity contribution >= 4 is 17.3 Å². The van der Waals surface area contributed by atoms with E-state index in [2.05, 4.69) is 15.5 Å². The summed E-state index contributed by atoms with van der Waals surface area (Å²) < 4.78 is 38.8. The van der Waals surface area contributed by atoms with E-state index >= 15 is 0 Å². The second kappa shape index (κ2) is 9.02. The van der Waals surface area contributed by atoms with Crippen molar-refractivity contribution in [2.45, 2.75) is 13.0 Å². The average Bonchev–Trinajstić information content (AvgIpc) is 3.34. The predicted octanol–water partition coefficient (Wildman–Crippen LogP) is 5.73. The van der Waals surface area contributed by atoms with Gasteiger partial charge in [0.25, 0.3) is 5.89 Å². The fourth-order valence-corrected chi connectivity index (χ4v) is 4.10. The molecular weight excluding hydrogens is 454 g/mol. The molecule has 0 radical (unpaired) electrons. The molecule has 2 heterocycles. The van der Waals surface area contributed by atoms with Gasteiger partial charge in [0.15, 0.2) is 11.6 Å². The van der Waals surface area contributed by atoms with E-state index in [1.807, 2.05) is 30.3 Å². The number of nitrogens with zero attached hydrogens (tertiary/aromatic N) is 3. The first-order valence-corrected chi connectivity index (χ1v) is 10.8. The molecule has 1 aliphatic rings. The monoisotopic (exact) mass is 474 g/mol. The van der Waals surface area contributed by atoms with E-state index in [0.29, 0.717) is 22.5 Å². The van der Waals surface area contributed by atoms with Crippen molar-refractivity contribution in [3.63, 3.8) is 0 Å². The molecule has 0 saturated heterocycles. The average molecular weight is 474 g/mol. The van der Waals surface area contributed by atoms with Crippen LogP contribution in [0.4, 0.5) is 19.3 Å². The molecule has 0 aliphatic carbocycles. The van der Waals surface area contributed by atoms with Crippen LogP contribution in [0, 0.1) is 11.6 Å². The maximum atomic E-state index is 14.3. The molecule has 0 saturated carbocycles. The summed E-state index contributed by atoms with van der Waals surface area (Å²) in [6, 6.07) is 18.4. The Hall–Kier alpha value is -4.53. The first-order chi connectivity index (χ1) is 17.0. The molecule has 35 heavy (non-hydrogen) atoms. The van der Waals surface area contributed by atoms with Gasteiger partial charge in [-0.3, -0.25) is 4.90 Å². The second-order valence-electron chi connectivity index (χ2n) is 7.88. The molecule has 7 nitrogen and oxygen atoms in total. The molecule has 9 heteroatoms. The Kier molecular flexibility index (Phi) is 5.74. The summed E-state index contributed by atoms with van der Waals surface area (Å²) in [5.74, 6) is -0.625. The van der Waals surface area contributed by atoms with Gasteiger partial charge in [0.2, 0.25) is 5.82 Å². The van der Waals surface area contributed by atoms with Crippen LogP contribution >= 0.6 is 0 Å². The van der Waals surface area contributed by atoms with Crippen molar-refractivity contribution in [2.24, 2.45) is 0 Å². The number of aromatic nitrogens is 2. The standard InChI is InChI=1S/C26H20F2N4O3/c1-15-22(25-30-24(31-35-25)17-11-12-21(34-2)20(28)13-17)23(16-7-4-3-5-8-16)29-26(33)32(15)19-10-6-9-18(27)14-19/h3-14,23H,1-2H3,(H,29,33). The van der Waals surface area contributed by atoms with Crippen LogP contribution in [-0.2, 0) is 0 Å². The number of hydrogen-bond acceptors (Lipinski definition) is 5. The second-order valence-corrected chi connectivity index (χ2v) is 7.88. The van der Waals surface area contributed by atoms with Crippen molar-refractivity contribution in [3.8, 4) is 17.1 Å². The Labute approximate surface area is 199 Å². The zero-order valence-corrected chi connectivity index (χ0v) is 18.8.